The molecule has 0 aromatic heterocycles. The monoisotopic (exact) mass is 304 g/mol. The average Bonchev–Trinajstić information content (AvgIpc) is 2.28. The van der Waals surface area contributed by atoms with E-state index in [1.54, 1.807) is 0 Å². The van der Waals surface area contributed by atoms with Crippen LogP contribution in [0.25, 0.3) is 0 Å². The van der Waals surface area contributed by atoms with E-state index < -0.39 is 0 Å². The lowest BCUT2D eigenvalue weighted by molar-refractivity contribution is 0.300. The van der Waals surface area contributed by atoms with Gasteiger partial charge >= 0.3 is 0 Å². The number of thioether (sulfide) groups is 1. The van der Waals surface area contributed by atoms with Crippen LogP contribution in [0.15, 0.2) is 32.7 Å². The topological polar surface area (TPSA) is 78.8 Å². The second-order valence-corrected chi connectivity index (χ2v) is 5.54. The molecule has 1 rings (SSSR count). The molecule has 0 aliphatic heterocycles. The van der Waals surface area contributed by atoms with Crippen LogP contribution in [0, 0.1) is 0 Å². The van der Waals surface area contributed by atoms with Gasteiger partial charge in [0.2, 0.25) is 0 Å². The fraction of sp³-hybridized carbons (Fsp3) is 0.300. The minimum Gasteiger partial charge on any atom is -0.409 e. The summed E-state index contributed by atoms with van der Waals surface area (Å²) in [6.07, 6.45) is 0. The molecule has 0 spiro atoms. The van der Waals surface area contributed by atoms with Crippen molar-refractivity contribution in [1.82, 2.24) is 0 Å². The van der Waals surface area contributed by atoms with Crippen LogP contribution in [0.1, 0.15) is 12.5 Å². The zero-order chi connectivity index (χ0) is 12.1. The zero-order valence-corrected chi connectivity index (χ0v) is 11.1. The van der Waals surface area contributed by atoms with Crippen LogP contribution in [0.3, 0.4) is 0 Å². The van der Waals surface area contributed by atoms with E-state index in [-0.39, 0.29) is 17.7 Å². The number of nitrogens with two attached hydrogens (primary N) is 1. The number of halogens is 1. The van der Waals surface area contributed by atoms with Gasteiger partial charge in [-0.1, -0.05) is 18.1 Å². The molecule has 1 atom stereocenters. The molecule has 1 unspecified atom stereocenters. The Kier molecular flexibility index (Phi) is 5.11. The van der Waals surface area contributed by atoms with Crippen LogP contribution < -0.4 is 5.73 Å². The van der Waals surface area contributed by atoms with Crippen molar-refractivity contribution >= 4 is 33.5 Å². The predicted octanol–water partition coefficient (Wildman–Crippen LogP) is 2.02. The molecule has 0 saturated carbocycles. The Labute approximate surface area is 107 Å². The molecule has 4 N–H and O–H groups in total. The zero-order valence-electron chi connectivity index (χ0n) is 8.72. The number of amidine groups is 1. The maximum absolute atomic E-state index is 9.01. The summed E-state index contributed by atoms with van der Waals surface area (Å²) in [5, 5.41) is 20.8. The Morgan fingerprint density at radius 3 is 2.88 bits per heavy atom. The Morgan fingerprint density at radius 2 is 2.31 bits per heavy atom. The maximum Gasteiger partial charge on any atom is 0.172 e. The molecular weight excluding hydrogens is 292 g/mol. The standard InChI is InChI=1S/C10H13BrN2O2S/c1-6(5-14)16-8-4-2-3-7(11)9(8)10(12)13-15/h2-4,6,14-15H,5H2,1H3,(H2,12,13). The van der Waals surface area contributed by atoms with E-state index in [1.165, 1.54) is 11.8 Å². The highest BCUT2D eigenvalue weighted by atomic mass is 79.9. The summed E-state index contributed by atoms with van der Waals surface area (Å²) >= 11 is 4.83. The van der Waals surface area contributed by atoms with Crippen LogP contribution >= 0.6 is 27.7 Å². The number of aliphatic hydroxyl groups is 1. The van der Waals surface area contributed by atoms with Crippen LogP contribution in [-0.2, 0) is 0 Å². The molecule has 6 heteroatoms. The lowest BCUT2D eigenvalue weighted by Gasteiger charge is -2.12. The van der Waals surface area contributed by atoms with Crippen LogP contribution in [0.2, 0.25) is 0 Å². The van der Waals surface area contributed by atoms with E-state index in [0.717, 1.165) is 9.37 Å². The first-order valence-electron chi connectivity index (χ1n) is 4.64. The van der Waals surface area contributed by atoms with Crippen LogP contribution in [-0.4, -0.2) is 28.0 Å². The van der Waals surface area contributed by atoms with Gasteiger partial charge in [-0.15, -0.1) is 11.8 Å². The van der Waals surface area contributed by atoms with E-state index >= 15 is 0 Å². The molecular formula is C10H13BrN2O2S. The van der Waals surface area contributed by atoms with E-state index in [9.17, 15) is 0 Å². The Bertz CT molecular complexity index is 398. The summed E-state index contributed by atoms with van der Waals surface area (Å²) in [7, 11) is 0. The van der Waals surface area contributed by atoms with Crippen LogP contribution in [0.5, 0.6) is 0 Å². The highest BCUT2D eigenvalue weighted by Gasteiger charge is 2.13. The van der Waals surface area contributed by atoms with Crippen LogP contribution in [0.4, 0.5) is 0 Å². The summed E-state index contributed by atoms with van der Waals surface area (Å²) in [5.41, 5.74) is 6.26. The number of hydrogen-bond acceptors (Lipinski definition) is 4. The Hall–Kier alpha value is -0.720. The van der Waals surface area contributed by atoms with E-state index in [2.05, 4.69) is 21.1 Å². The smallest absolute Gasteiger partial charge is 0.172 e. The number of benzene rings is 1. The van der Waals surface area contributed by atoms with Gasteiger partial charge in [-0.2, -0.15) is 0 Å². The molecule has 0 fully saturated rings. The molecule has 0 radical (unpaired) electrons. The SMILES string of the molecule is CC(CO)Sc1cccc(Br)c1/C(N)=N/O. The molecule has 0 saturated heterocycles. The number of rotatable bonds is 4. The average molecular weight is 305 g/mol. The largest absolute Gasteiger partial charge is 0.409 e. The highest BCUT2D eigenvalue weighted by molar-refractivity contribution is 9.10. The van der Waals surface area contributed by atoms with Gasteiger partial charge in [0.25, 0.3) is 0 Å². The quantitative estimate of drug-likeness (QED) is 0.261. The van der Waals surface area contributed by atoms with Gasteiger partial charge in [-0.05, 0) is 28.1 Å². The van der Waals surface area contributed by atoms with Crippen molar-refractivity contribution in [3.8, 4) is 0 Å². The summed E-state index contributed by atoms with van der Waals surface area (Å²) in [6, 6.07) is 5.56. The van der Waals surface area contributed by atoms with Crippen molar-refractivity contribution in [3.63, 3.8) is 0 Å². The highest BCUT2D eigenvalue weighted by Crippen LogP contribution is 2.31. The second kappa shape index (κ2) is 6.12. The third kappa shape index (κ3) is 3.13. The number of hydrogen-bond donors (Lipinski definition) is 3. The lowest BCUT2D eigenvalue weighted by atomic mass is 10.2. The molecule has 16 heavy (non-hydrogen) atoms. The van der Waals surface area contributed by atoms with Gasteiger partial charge < -0.3 is 16.0 Å². The fourth-order valence-corrected chi connectivity index (χ4v) is 2.85. The second-order valence-electron chi connectivity index (χ2n) is 3.21. The van der Waals surface area contributed by atoms with E-state index in [0.29, 0.717) is 5.56 Å². The van der Waals surface area contributed by atoms with Gasteiger partial charge in [-0.25, -0.2) is 0 Å². The molecule has 0 heterocycles. The molecule has 1 aromatic carbocycles. The van der Waals surface area contributed by atoms with Gasteiger partial charge in [0, 0.05) is 20.2 Å². The number of aliphatic hydroxyl groups excluding tert-OH is 1. The molecule has 0 aliphatic rings. The maximum atomic E-state index is 9.01. The van der Waals surface area contributed by atoms with Crippen molar-refractivity contribution in [1.29, 1.82) is 0 Å². The van der Waals surface area contributed by atoms with E-state index in [4.69, 9.17) is 16.0 Å². The van der Waals surface area contributed by atoms with Crippen molar-refractivity contribution in [2.24, 2.45) is 10.9 Å². The lowest BCUT2D eigenvalue weighted by Crippen LogP contribution is -2.16. The predicted molar refractivity (Wildman–Crippen MR) is 69.1 cm³/mol. The number of oxime groups is 1. The first-order valence-corrected chi connectivity index (χ1v) is 6.31. The fourth-order valence-electron chi connectivity index (χ4n) is 1.16. The molecule has 0 bridgehead atoms. The minimum absolute atomic E-state index is 0.0551. The molecule has 88 valence electrons. The van der Waals surface area contributed by atoms with Gasteiger partial charge in [0.1, 0.15) is 0 Å². The Balaban J connectivity index is 3.13. The van der Waals surface area contributed by atoms with Gasteiger partial charge in [0.15, 0.2) is 5.84 Å². The third-order valence-electron chi connectivity index (χ3n) is 1.92. The number of nitrogens with zero attached hydrogens (tertiary/aromatic N) is 1. The molecule has 1 aromatic rings. The van der Waals surface area contributed by atoms with Crippen molar-refractivity contribution < 1.29 is 10.3 Å². The first kappa shape index (κ1) is 13.3. The third-order valence-corrected chi connectivity index (χ3v) is 3.73. The molecule has 0 aliphatic carbocycles. The molecule has 0 amide bonds. The minimum atomic E-state index is 0.0551. The van der Waals surface area contributed by atoms with Gasteiger partial charge in [0.05, 0.1) is 6.61 Å². The van der Waals surface area contributed by atoms with Crippen molar-refractivity contribution in [2.75, 3.05) is 6.61 Å². The first-order chi connectivity index (χ1) is 7.60. The Morgan fingerprint density at radius 1 is 1.62 bits per heavy atom. The summed E-state index contributed by atoms with van der Waals surface area (Å²) in [6.45, 7) is 1.98. The van der Waals surface area contributed by atoms with Gasteiger partial charge in [-0.3, -0.25) is 0 Å². The normalized spacial score (nSPS) is 13.8. The van der Waals surface area contributed by atoms with Crippen molar-refractivity contribution in [2.45, 2.75) is 17.1 Å². The summed E-state index contributed by atoms with van der Waals surface area (Å²) < 4.78 is 0.762. The van der Waals surface area contributed by atoms with Crippen molar-refractivity contribution in [3.05, 3.63) is 28.2 Å². The molecule has 4 nitrogen and oxygen atoms in total. The summed E-state index contributed by atoms with van der Waals surface area (Å²) in [5.74, 6) is 0.0557. The summed E-state index contributed by atoms with van der Waals surface area (Å²) in [4.78, 5) is 0.867. The van der Waals surface area contributed by atoms with E-state index in [1.807, 2.05) is 25.1 Å².